The van der Waals surface area contributed by atoms with Crippen LogP contribution < -0.4 is 4.74 Å². The number of nitrogens with one attached hydrogen (secondary N) is 1. The number of H-pyrrole nitrogens is 1. The number of aryl methyl sites for hydroxylation is 2. The third-order valence-electron chi connectivity index (χ3n) is 7.38. The van der Waals surface area contributed by atoms with Crippen molar-refractivity contribution in [3.63, 3.8) is 0 Å². The maximum Gasteiger partial charge on any atom is 0.119 e. The van der Waals surface area contributed by atoms with Gasteiger partial charge in [0.05, 0.1) is 18.6 Å². The van der Waals surface area contributed by atoms with Crippen LogP contribution in [0.1, 0.15) is 120 Å². The van der Waals surface area contributed by atoms with Crippen LogP contribution in [0.3, 0.4) is 0 Å². The molecule has 1 aliphatic rings. The van der Waals surface area contributed by atoms with E-state index in [0.717, 1.165) is 49.7 Å². The number of aromatic nitrogens is 2. The van der Waals surface area contributed by atoms with Crippen LogP contribution in [0.15, 0.2) is 41.9 Å². The zero-order valence-electron chi connectivity index (χ0n) is 22.4. The van der Waals surface area contributed by atoms with Crippen molar-refractivity contribution in [2.75, 3.05) is 6.61 Å². The van der Waals surface area contributed by atoms with Gasteiger partial charge in [-0.15, -0.1) is 0 Å². The van der Waals surface area contributed by atoms with Crippen molar-refractivity contribution in [2.24, 2.45) is 11.1 Å². The highest BCUT2D eigenvalue weighted by atomic mass is 16.5. The van der Waals surface area contributed by atoms with Gasteiger partial charge in [0.2, 0.25) is 0 Å². The molecule has 0 amide bonds. The van der Waals surface area contributed by atoms with Crippen LogP contribution in [0.2, 0.25) is 0 Å². The van der Waals surface area contributed by atoms with Crippen molar-refractivity contribution in [2.45, 2.75) is 122 Å². The summed E-state index contributed by atoms with van der Waals surface area (Å²) in [5.74, 6) is 1.79. The highest BCUT2D eigenvalue weighted by Crippen LogP contribution is 2.33. The number of rotatable bonds is 22. The molecule has 2 N–H and O–H groups in total. The standard InChI is InChI=1S/C31H49N3O2/c35-34-29(24-28-17-18-28)15-12-10-8-6-4-2-1-3-5-7-9-11-14-27-19-21-31(22-20-27)36-23-13-16-30-25-32-26-33-30/h19-22,25-26,28,35H,1-18,23-24H2,(H,32,33). The van der Waals surface area contributed by atoms with Gasteiger partial charge in [-0.05, 0) is 81.4 Å². The minimum atomic E-state index is 0.737. The van der Waals surface area contributed by atoms with E-state index in [1.165, 1.54) is 108 Å². The van der Waals surface area contributed by atoms with Gasteiger partial charge in [0.25, 0.3) is 0 Å². The Morgan fingerprint density at radius 2 is 1.47 bits per heavy atom. The Balaban J connectivity index is 1.05. The fraction of sp³-hybridized carbons (Fsp3) is 0.677. The Morgan fingerprint density at radius 1 is 0.833 bits per heavy atom. The van der Waals surface area contributed by atoms with Gasteiger partial charge >= 0.3 is 0 Å². The summed E-state index contributed by atoms with van der Waals surface area (Å²) in [6, 6.07) is 8.66. The van der Waals surface area contributed by atoms with Crippen LogP contribution in [0, 0.1) is 5.92 Å². The van der Waals surface area contributed by atoms with Crippen molar-refractivity contribution in [1.82, 2.24) is 9.97 Å². The molecule has 1 fully saturated rings. The van der Waals surface area contributed by atoms with Gasteiger partial charge in [0.1, 0.15) is 5.75 Å². The van der Waals surface area contributed by atoms with Gasteiger partial charge in [-0.3, -0.25) is 0 Å². The van der Waals surface area contributed by atoms with E-state index in [9.17, 15) is 0 Å². The fourth-order valence-electron chi connectivity index (χ4n) is 4.90. The molecule has 0 bridgehead atoms. The molecule has 5 heteroatoms. The molecule has 2 aromatic rings. The molecule has 0 radical (unpaired) electrons. The van der Waals surface area contributed by atoms with Crippen molar-refractivity contribution in [3.05, 3.63) is 48.0 Å². The maximum atomic E-state index is 9.09. The van der Waals surface area contributed by atoms with Crippen LogP contribution in [-0.2, 0) is 12.8 Å². The van der Waals surface area contributed by atoms with E-state index in [-0.39, 0.29) is 0 Å². The molecule has 1 heterocycles. The predicted octanol–water partition coefficient (Wildman–Crippen LogP) is 8.67. The zero-order chi connectivity index (χ0) is 25.1. The topological polar surface area (TPSA) is 70.5 Å². The zero-order valence-corrected chi connectivity index (χ0v) is 22.4. The Kier molecular flexibility index (Phi) is 14.2. The highest BCUT2D eigenvalue weighted by Gasteiger charge is 2.23. The van der Waals surface area contributed by atoms with Crippen LogP contribution in [-0.4, -0.2) is 27.5 Å². The Bertz CT molecular complexity index is 813. The van der Waals surface area contributed by atoms with E-state index in [1.54, 1.807) is 6.33 Å². The van der Waals surface area contributed by atoms with Gasteiger partial charge in [-0.25, -0.2) is 4.98 Å². The van der Waals surface area contributed by atoms with Crippen molar-refractivity contribution < 1.29 is 9.94 Å². The minimum Gasteiger partial charge on any atom is -0.494 e. The third-order valence-corrected chi connectivity index (χ3v) is 7.38. The first kappa shape index (κ1) is 28.3. The highest BCUT2D eigenvalue weighted by molar-refractivity contribution is 5.84. The quantitative estimate of drug-likeness (QED) is 0.0743. The molecule has 0 atom stereocenters. The van der Waals surface area contributed by atoms with Crippen LogP contribution in [0.4, 0.5) is 0 Å². The maximum absolute atomic E-state index is 9.09. The number of ether oxygens (including phenoxy) is 1. The number of hydrogen-bond donors (Lipinski definition) is 2. The second-order valence-corrected chi connectivity index (χ2v) is 10.7. The van der Waals surface area contributed by atoms with Crippen molar-refractivity contribution >= 4 is 5.71 Å². The Hall–Kier alpha value is -2.30. The van der Waals surface area contributed by atoms with E-state index in [4.69, 9.17) is 9.94 Å². The summed E-state index contributed by atoms with van der Waals surface area (Å²) in [7, 11) is 0. The van der Waals surface area contributed by atoms with Crippen molar-refractivity contribution in [1.29, 1.82) is 0 Å². The molecule has 5 nitrogen and oxygen atoms in total. The molecule has 0 aliphatic heterocycles. The van der Waals surface area contributed by atoms with E-state index in [0.29, 0.717) is 0 Å². The lowest BCUT2D eigenvalue weighted by Gasteiger charge is -2.07. The number of hydrogen-bond acceptors (Lipinski definition) is 4. The summed E-state index contributed by atoms with van der Waals surface area (Å²) in [5.41, 5.74) is 3.62. The van der Waals surface area contributed by atoms with Crippen LogP contribution in [0.25, 0.3) is 0 Å². The number of aromatic amines is 1. The smallest absolute Gasteiger partial charge is 0.119 e. The first-order chi connectivity index (χ1) is 17.8. The second-order valence-electron chi connectivity index (χ2n) is 10.7. The Morgan fingerprint density at radius 3 is 2.06 bits per heavy atom. The molecule has 1 aliphatic carbocycles. The number of unbranched alkanes of at least 4 members (excludes halogenated alkanes) is 11. The number of imidazole rings is 1. The van der Waals surface area contributed by atoms with E-state index in [1.807, 2.05) is 6.20 Å². The molecular formula is C31H49N3O2. The van der Waals surface area contributed by atoms with Gasteiger partial charge < -0.3 is 14.9 Å². The van der Waals surface area contributed by atoms with Crippen LogP contribution >= 0.6 is 0 Å². The average Bonchev–Trinajstić information content (AvgIpc) is 3.57. The first-order valence-electron chi connectivity index (χ1n) is 14.7. The summed E-state index contributed by atoms with van der Waals surface area (Å²) in [6.45, 7) is 0.737. The molecular weight excluding hydrogens is 446 g/mol. The molecule has 0 spiro atoms. The summed E-state index contributed by atoms with van der Waals surface area (Å²) in [5, 5.41) is 12.6. The predicted molar refractivity (Wildman–Crippen MR) is 149 cm³/mol. The second kappa shape index (κ2) is 18.0. The monoisotopic (exact) mass is 495 g/mol. The molecule has 0 unspecified atom stereocenters. The number of benzene rings is 1. The summed E-state index contributed by atoms with van der Waals surface area (Å²) in [4.78, 5) is 7.17. The van der Waals surface area contributed by atoms with E-state index < -0.39 is 0 Å². The normalized spacial score (nSPS) is 13.8. The molecule has 0 saturated heterocycles. The molecule has 1 aromatic heterocycles. The number of nitrogens with zero attached hydrogens (tertiary/aromatic N) is 2. The fourth-order valence-corrected chi connectivity index (χ4v) is 4.90. The third kappa shape index (κ3) is 13.1. The Labute approximate surface area is 219 Å². The molecule has 36 heavy (non-hydrogen) atoms. The van der Waals surface area contributed by atoms with Gasteiger partial charge in [-0.1, -0.05) is 81.5 Å². The SMILES string of the molecule is ON=C(CCCCCCCCCCCCCCc1ccc(OCCCc2cnc[nH]2)cc1)CC1CC1. The molecule has 200 valence electrons. The summed E-state index contributed by atoms with van der Waals surface area (Å²) >= 11 is 0. The average molecular weight is 496 g/mol. The van der Waals surface area contributed by atoms with Gasteiger partial charge in [-0.2, -0.15) is 0 Å². The molecule has 1 aromatic carbocycles. The first-order valence-corrected chi connectivity index (χ1v) is 14.7. The lowest BCUT2D eigenvalue weighted by atomic mass is 10.0. The molecule has 1 saturated carbocycles. The lowest BCUT2D eigenvalue weighted by Crippen LogP contribution is -1.99. The van der Waals surface area contributed by atoms with E-state index in [2.05, 4.69) is 39.4 Å². The van der Waals surface area contributed by atoms with Gasteiger partial charge in [0, 0.05) is 11.9 Å². The largest absolute Gasteiger partial charge is 0.494 e. The minimum absolute atomic E-state index is 0.737. The van der Waals surface area contributed by atoms with Gasteiger partial charge in [0.15, 0.2) is 0 Å². The lowest BCUT2D eigenvalue weighted by molar-refractivity contribution is 0.310. The summed E-state index contributed by atoms with van der Waals surface area (Å²) in [6.07, 6.45) is 27.6. The van der Waals surface area contributed by atoms with E-state index >= 15 is 0 Å². The number of oxime groups is 1. The molecule has 3 rings (SSSR count). The summed E-state index contributed by atoms with van der Waals surface area (Å²) < 4.78 is 5.86. The van der Waals surface area contributed by atoms with Crippen LogP contribution in [0.5, 0.6) is 5.75 Å². The van der Waals surface area contributed by atoms with Crippen molar-refractivity contribution in [3.8, 4) is 5.75 Å².